The maximum Gasteiger partial charge on any atom is 0.203 e. The second kappa shape index (κ2) is 7.68. The lowest BCUT2D eigenvalue weighted by atomic mass is 10.1. The third-order valence-corrected chi connectivity index (χ3v) is 5.11. The summed E-state index contributed by atoms with van der Waals surface area (Å²) in [5, 5.41) is 14.7. The average molecular weight is 364 g/mol. The summed E-state index contributed by atoms with van der Waals surface area (Å²) in [5.41, 5.74) is 1.02. The fourth-order valence-corrected chi connectivity index (χ4v) is 3.81. The van der Waals surface area contributed by atoms with E-state index in [0.717, 1.165) is 47.8 Å². The Hall–Kier alpha value is -1.70. The fourth-order valence-electron chi connectivity index (χ4n) is 3.41. The maximum absolute atomic E-state index is 9.91. The molecule has 0 bridgehead atoms. The molecule has 0 aliphatic carbocycles. The van der Waals surface area contributed by atoms with E-state index in [1.165, 1.54) is 4.90 Å². The van der Waals surface area contributed by atoms with Gasteiger partial charge in [-0.1, -0.05) is 0 Å². The zero-order chi connectivity index (χ0) is 18.0. The number of piperidine rings is 1. The molecule has 0 saturated carbocycles. The fraction of sp³-hybridized carbons (Fsp3) is 0.556. The monoisotopic (exact) mass is 363 g/mol. The number of nitrogens with zero attached hydrogens (tertiary/aromatic N) is 3. The number of aromatic nitrogens is 3. The van der Waals surface area contributed by atoms with Gasteiger partial charge >= 0.3 is 0 Å². The van der Waals surface area contributed by atoms with E-state index in [2.05, 4.69) is 18.4 Å². The topological polar surface area (TPSA) is 56.6 Å². The van der Waals surface area contributed by atoms with E-state index in [4.69, 9.17) is 22.1 Å². The third kappa shape index (κ3) is 3.94. The van der Waals surface area contributed by atoms with Crippen LogP contribution in [0.2, 0.25) is 0 Å². The van der Waals surface area contributed by atoms with Crippen LogP contribution in [0.15, 0.2) is 24.3 Å². The molecule has 0 spiro atoms. The van der Waals surface area contributed by atoms with Crippen LogP contribution in [-0.2, 0) is 6.67 Å². The van der Waals surface area contributed by atoms with Crippen LogP contribution < -0.4 is 9.64 Å². The zero-order valence-electron chi connectivity index (χ0n) is 15.1. The van der Waals surface area contributed by atoms with Crippen LogP contribution in [-0.4, -0.2) is 45.8 Å². The molecule has 0 amide bonds. The van der Waals surface area contributed by atoms with Gasteiger partial charge in [0.2, 0.25) is 4.77 Å². The Morgan fingerprint density at radius 3 is 2.68 bits per heavy atom. The van der Waals surface area contributed by atoms with E-state index in [1.54, 1.807) is 7.11 Å². The summed E-state index contributed by atoms with van der Waals surface area (Å²) in [5.74, 6) is 1.70. The Morgan fingerprint density at radius 1 is 1.36 bits per heavy atom. The van der Waals surface area contributed by atoms with Crippen molar-refractivity contribution in [3.8, 4) is 17.1 Å². The van der Waals surface area contributed by atoms with Gasteiger partial charge in [0.1, 0.15) is 18.4 Å². The first-order valence-corrected chi connectivity index (χ1v) is 9.26. The summed E-state index contributed by atoms with van der Waals surface area (Å²) in [6.45, 7) is 6.73. The van der Waals surface area contributed by atoms with Crippen LogP contribution >= 0.6 is 12.2 Å². The number of benzene rings is 1. The highest BCUT2D eigenvalue weighted by Gasteiger charge is 2.23. The molecule has 1 fully saturated rings. The summed E-state index contributed by atoms with van der Waals surface area (Å²) in [4.78, 5) is 1.32. The van der Waals surface area contributed by atoms with Crippen molar-refractivity contribution in [1.29, 1.82) is 0 Å². The average Bonchev–Trinajstić information content (AvgIpc) is 2.92. The highest BCUT2D eigenvalue weighted by atomic mass is 32.1. The summed E-state index contributed by atoms with van der Waals surface area (Å²) in [6.07, 6.45) is 1.72. The lowest BCUT2D eigenvalue weighted by Gasteiger charge is -2.26. The molecular formula is C18H27N4O2S+. The number of methoxy groups -OCH3 is 1. The quantitative estimate of drug-likeness (QED) is 0.794. The van der Waals surface area contributed by atoms with Gasteiger partial charge < -0.3 is 14.7 Å². The van der Waals surface area contributed by atoms with Crippen molar-refractivity contribution in [3.63, 3.8) is 0 Å². The van der Waals surface area contributed by atoms with Gasteiger partial charge in [-0.05, 0) is 63.2 Å². The number of likely N-dealkylation sites (tertiary alicyclic amines) is 1. The van der Waals surface area contributed by atoms with Crippen molar-refractivity contribution in [2.45, 2.75) is 45.5 Å². The predicted molar refractivity (Wildman–Crippen MR) is 99.4 cm³/mol. The predicted octanol–water partition coefficient (Wildman–Crippen LogP) is 1.67. The van der Waals surface area contributed by atoms with Gasteiger partial charge in [0.15, 0.2) is 12.5 Å². The SMILES string of the molecule is COc1ccc(-c2nn(C[NH+]3CCC[C@@H](O)C3)c(=S)n2C(C)C)cc1. The van der Waals surface area contributed by atoms with Crippen LogP contribution in [0.4, 0.5) is 0 Å². The molecule has 1 aromatic heterocycles. The number of hydrogen-bond acceptors (Lipinski definition) is 4. The molecule has 0 radical (unpaired) electrons. The highest BCUT2D eigenvalue weighted by Crippen LogP contribution is 2.24. The second-order valence-corrected chi connectivity index (χ2v) is 7.32. The molecule has 1 unspecified atom stereocenters. The van der Waals surface area contributed by atoms with E-state index >= 15 is 0 Å². The third-order valence-electron chi connectivity index (χ3n) is 4.70. The second-order valence-electron chi connectivity index (χ2n) is 6.96. The van der Waals surface area contributed by atoms with Crippen molar-refractivity contribution in [3.05, 3.63) is 29.0 Å². The summed E-state index contributed by atoms with van der Waals surface area (Å²) in [6, 6.07) is 8.12. The van der Waals surface area contributed by atoms with Crippen LogP contribution in [0.25, 0.3) is 11.4 Å². The smallest absolute Gasteiger partial charge is 0.203 e. The molecule has 2 atom stereocenters. The largest absolute Gasteiger partial charge is 0.497 e. The maximum atomic E-state index is 9.91. The van der Waals surface area contributed by atoms with Gasteiger partial charge in [-0.15, -0.1) is 5.10 Å². The van der Waals surface area contributed by atoms with Crippen molar-refractivity contribution < 1.29 is 14.7 Å². The number of aliphatic hydroxyl groups is 1. The Morgan fingerprint density at radius 2 is 2.08 bits per heavy atom. The standard InChI is InChI=1S/C18H26N4O2S/c1-13(2)22-17(14-6-8-16(24-3)9-7-14)19-21(18(22)25)12-20-10-4-5-15(23)11-20/h6-9,13,15,23H,4-5,10-12H2,1-3H3/p+1/t15-/m1/s1. The molecule has 136 valence electrons. The Kier molecular flexibility index (Phi) is 5.56. The lowest BCUT2D eigenvalue weighted by molar-refractivity contribution is -0.931. The van der Waals surface area contributed by atoms with Crippen molar-refractivity contribution in [2.24, 2.45) is 0 Å². The molecule has 1 aliphatic rings. The molecule has 3 rings (SSSR count). The van der Waals surface area contributed by atoms with Gasteiger partial charge in [-0.3, -0.25) is 4.57 Å². The van der Waals surface area contributed by atoms with E-state index in [1.807, 2.05) is 28.9 Å². The number of hydrogen-bond donors (Lipinski definition) is 2. The summed E-state index contributed by atoms with van der Waals surface area (Å²) < 4.78 is 9.97. The number of quaternary nitrogens is 1. The van der Waals surface area contributed by atoms with Crippen molar-refractivity contribution in [2.75, 3.05) is 20.2 Å². The van der Waals surface area contributed by atoms with Gasteiger partial charge in [0.25, 0.3) is 0 Å². The van der Waals surface area contributed by atoms with Crippen LogP contribution in [0.1, 0.15) is 32.7 Å². The first kappa shape index (κ1) is 18.1. The summed E-state index contributed by atoms with van der Waals surface area (Å²) >= 11 is 5.70. The highest BCUT2D eigenvalue weighted by molar-refractivity contribution is 7.71. The van der Waals surface area contributed by atoms with Gasteiger partial charge in [-0.2, -0.15) is 4.68 Å². The molecule has 1 saturated heterocycles. The van der Waals surface area contributed by atoms with E-state index in [0.29, 0.717) is 6.67 Å². The van der Waals surface area contributed by atoms with E-state index < -0.39 is 0 Å². The molecule has 2 N–H and O–H groups in total. The normalized spacial score (nSPS) is 20.8. The van der Waals surface area contributed by atoms with E-state index in [9.17, 15) is 5.11 Å². The van der Waals surface area contributed by atoms with Gasteiger partial charge in [-0.25, -0.2) is 0 Å². The minimum atomic E-state index is -0.217. The van der Waals surface area contributed by atoms with Gasteiger partial charge in [0, 0.05) is 11.6 Å². The number of nitrogens with one attached hydrogen (secondary N) is 1. The van der Waals surface area contributed by atoms with Crippen LogP contribution in [0.3, 0.4) is 0 Å². The number of aliphatic hydroxyl groups excluding tert-OH is 1. The lowest BCUT2D eigenvalue weighted by Crippen LogP contribution is -3.13. The molecule has 6 nitrogen and oxygen atoms in total. The molecule has 1 aromatic carbocycles. The number of ether oxygens (including phenoxy) is 1. The molecule has 7 heteroatoms. The molecule has 2 aromatic rings. The Balaban J connectivity index is 1.93. The van der Waals surface area contributed by atoms with Crippen LogP contribution in [0, 0.1) is 4.77 Å². The molecular weight excluding hydrogens is 336 g/mol. The Labute approximate surface area is 153 Å². The first-order valence-electron chi connectivity index (χ1n) is 8.85. The minimum Gasteiger partial charge on any atom is -0.497 e. The van der Waals surface area contributed by atoms with Crippen molar-refractivity contribution in [1.82, 2.24) is 14.3 Å². The van der Waals surface area contributed by atoms with E-state index in [-0.39, 0.29) is 12.1 Å². The summed E-state index contributed by atoms with van der Waals surface area (Å²) in [7, 11) is 1.66. The van der Waals surface area contributed by atoms with Crippen LogP contribution in [0.5, 0.6) is 5.75 Å². The van der Waals surface area contributed by atoms with Gasteiger partial charge in [0.05, 0.1) is 13.7 Å². The molecule has 25 heavy (non-hydrogen) atoms. The zero-order valence-corrected chi connectivity index (χ0v) is 15.9. The molecule has 2 heterocycles. The first-order chi connectivity index (χ1) is 12.0. The van der Waals surface area contributed by atoms with Crippen molar-refractivity contribution >= 4 is 12.2 Å². The number of rotatable bonds is 5. The molecule has 1 aliphatic heterocycles. The Bertz CT molecular complexity index is 766. The minimum absolute atomic E-state index is 0.217.